The van der Waals surface area contributed by atoms with Crippen LogP contribution in [0.25, 0.3) is 0 Å². The van der Waals surface area contributed by atoms with Gasteiger partial charge in [0.25, 0.3) is 0 Å². The van der Waals surface area contributed by atoms with Crippen LogP contribution in [0.15, 0.2) is 24.3 Å². The Kier molecular flexibility index (Phi) is 4.35. The summed E-state index contributed by atoms with van der Waals surface area (Å²) < 4.78 is 0.476. The summed E-state index contributed by atoms with van der Waals surface area (Å²) in [5, 5.41) is 3.58. The molecule has 1 aliphatic rings. The molecule has 1 aliphatic carbocycles. The van der Waals surface area contributed by atoms with E-state index in [1.165, 1.54) is 31.2 Å². The Morgan fingerprint density at radius 1 is 1.29 bits per heavy atom. The maximum absolute atomic E-state index is 5.94. The Labute approximate surface area is 108 Å². The van der Waals surface area contributed by atoms with E-state index >= 15 is 0 Å². The molecule has 0 spiro atoms. The molecule has 0 atom stereocenters. The van der Waals surface area contributed by atoms with E-state index in [0.29, 0.717) is 4.75 Å². The average molecular weight is 250 g/mol. The number of nitrogen functional groups attached to an aromatic ring is 1. The Balaban J connectivity index is 1.85. The maximum Gasteiger partial charge on any atom is 0.0359 e. The summed E-state index contributed by atoms with van der Waals surface area (Å²) in [6, 6.07) is 8.10. The zero-order chi connectivity index (χ0) is 12.1. The predicted octanol–water partition coefficient (Wildman–Crippen LogP) is 3.03. The number of benzene rings is 1. The fourth-order valence-corrected chi connectivity index (χ4v) is 3.54. The smallest absolute Gasteiger partial charge is 0.0359 e. The first-order valence-electron chi connectivity index (χ1n) is 6.35. The third kappa shape index (κ3) is 3.17. The monoisotopic (exact) mass is 250 g/mol. The lowest BCUT2D eigenvalue weighted by Gasteiger charge is -2.27. The van der Waals surface area contributed by atoms with Crippen molar-refractivity contribution in [2.24, 2.45) is 0 Å². The highest BCUT2D eigenvalue weighted by atomic mass is 32.2. The van der Waals surface area contributed by atoms with Crippen molar-refractivity contribution in [1.29, 1.82) is 0 Å². The summed E-state index contributed by atoms with van der Waals surface area (Å²) in [6.45, 7) is 1.98. The van der Waals surface area contributed by atoms with Crippen molar-refractivity contribution < 1.29 is 0 Å². The minimum absolute atomic E-state index is 0.476. The van der Waals surface area contributed by atoms with Gasteiger partial charge < -0.3 is 11.1 Å². The molecule has 0 heterocycles. The van der Waals surface area contributed by atoms with Crippen LogP contribution in [0.1, 0.15) is 31.2 Å². The molecule has 0 bridgehead atoms. The van der Waals surface area contributed by atoms with Crippen molar-refractivity contribution in [3.8, 4) is 0 Å². The molecular weight excluding hydrogens is 228 g/mol. The molecule has 0 aromatic heterocycles. The predicted molar refractivity (Wildman–Crippen MR) is 77.3 cm³/mol. The van der Waals surface area contributed by atoms with Gasteiger partial charge in [-0.2, -0.15) is 11.8 Å². The van der Waals surface area contributed by atoms with Gasteiger partial charge in [-0.15, -0.1) is 0 Å². The minimum Gasteiger partial charge on any atom is -0.398 e. The summed E-state index contributed by atoms with van der Waals surface area (Å²) in [6.07, 6.45) is 7.72. The number of rotatable bonds is 5. The van der Waals surface area contributed by atoms with E-state index in [4.69, 9.17) is 5.73 Å². The molecule has 1 fully saturated rings. The molecule has 1 aromatic carbocycles. The number of nitrogens with one attached hydrogen (secondary N) is 1. The SMILES string of the molecule is CSC1(CNCc2ccccc2N)CCCC1. The van der Waals surface area contributed by atoms with Crippen LogP contribution < -0.4 is 11.1 Å². The lowest BCUT2D eigenvalue weighted by molar-refractivity contribution is 0.534. The maximum atomic E-state index is 5.94. The minimum atomic E-state index is 0.476. The molecule has 0 aliphatic heterocycles. The second kappa shape index (κ2) is 5.78. The van der Waals surface area contributed by atoms with Crippen LogP contribution in [0.5, 0.6) is 0 Å². The third-order valence-corrected chi connectivity index (χ3v) is 5.18. The van der Waals surface area contributed by atoms with Gasteiger partial charge in [0, 0.05) is 23.5 Å². The van der Waals surface area contributed by atoms with Gasteiger partial charge in [-0.05, 0) is 30.7 Å². The Morgan fingerprint density at radius 3 is 2.65 bits per heavy atom. The van der Waals surface area contributed by atoms with Crippen LogP contribution in [0.2, 0.25) is 0 Å². The molecule has 3 heteroatoms. The van der Waals surface area contributed by atoms with E-state index in [0.717, 1.165) is 18.8 Å². The molecule has 0 unspecified atom stereocenters. The fourth-order valence-electron chi connectivity index (χ4n) is 2.59. The van der Waals surface area contributed by atoms with E-state index in [9.17, 15) is 0 Å². The molecule has 2 nitrogen and oxygen atoms in total. The number of hydrogen-bond donors (Lipinski definition) is 2. The quantitative estimate of drug-likeness (QED) is 0.789. The van der Waals surface area contributed by atoms with Crippen LogP contribution in [0, 0.1) is 0 Å². The van der Waals surface area contributed by atoms with Gasteiger partial charge >= 0.3 is 0 Å². The van der Waals surface area contributed by atoms with Crippen molar-refractivity contribution in [2.75, 3.05) is 18.5 Å². The zero-order valence-corrected chi connectivity index (χ0v) is 11.4. The lowest BCUT2D eigenvalue weighted by Crippen LogP contribution is -2.34. The van der Waals surface area contributed by atoms with Crippen molar-refractivity contribution >= 4 is 17.4 Å². The van der Waals surface area contributed by atoms with Crippen LogP contribution in [0.4, 0.5) is 5.69 Å². The lowest BCUT2D eigenvalue weighted by atomic mass is 10.1. The van der Waals surface area contributed by atoms with Crippen LogP contribution >= 0.6 is 11.8 Å². The van der Waals surface area contributed by atoms with Crippen molar-refractivity contribution in [3.63, 3.8) is 0 Å². The van der Waals surface area contributed by atoms with E-state index in [1.54, 1.807) is 0 Å². The van der Waals surface area contributed by atoms with E-state index in [1.807, 2.05) is 30.0 Å². The molecule has 0 amide bonds. The molecule has 1 aromatic rings. The second-order valence-corrected chi connectivity index (χ2v) is 6.17. The standard InChI is InChI=1S/C14H22N2S/c1-17-14(8-4-5-9-14)11-16-10-12-6-2-3-7-13(12)15/h2-3,6-7,16H,4-5,8-11,15H2,1H3. The number of para-hydroxylation sites is 1. The highest BCUT2D eigenvalue weighted by molar-refractivity contribution is 8.00. The first kappa shape index (κ1) is 12.8. The summed E-state index contributed by atoms with van der Waals surface area (Å²) in [5.74, 6) is 0. The van der Waals surface area contributed by atoms with Crippen molar-refractivity contribution in [3.05, 3.63) is 29.8 Å². The number of hydrogen-bond acceptors (Lipinski definition) is 3. The number of anilines is 1. The van der Waals surface area contributed by atoms with Gasteiger partial charge in [-0.1, -0.05) is 31.0 Å². The van der Waals surface area contributed by atoms with Gasteiger partial charge in [0.2, 0.25) is 0 Å². The van der Waals surface area contributed by atoms with Crippen molar-refractivity contribution in [1.82, 2.24) is 5.32 Å². The number of nitrogens with two attached hydrogens (primary N) is 1. The van der Waals surface area contributed by atoms with Crippen LogP contribution in [0.3, 0.4) is 0 Å². The topological polar surface area (TPSA) is 38.0 Å². The molecule has 17 heavy (non-hydrogen) atoms. The fraction of sp³-hybridized carbons (Fsp3) is 0.571. The van der Waals surface area contributed by atoms with Gasteiger partial charge in [-0.25, -0.2) is 0 Å². The van der Waals surface area contributed by atoms with Gasteiger partial charge in [-0.3, -0.25) is 0 Å². The summed E-state index contributed by atoms with van der Waals surface area (Å²) in [7, 11) is 0. The first-order valence-corrected chi connectivity index (χ1v) is 7.57. The molecule has 3 N–H and O–H groups in total. The summed E-state index contributed by atoms with van der Waals surface area (Å²) in [4.78, 5) is 0. The Bertz CT molecular complexity index is 359. The highest BCUT2D eigenvalue weighted by Gasteiger charge is 2.32. The van der Waals surface area contributed by atoms with Crippen molar-refractivity contribution in [2.45, 2.75) is 37.0 Å². The molecular formula is C14H22N2S. The molecule has 1 saturated carbocycles. The first-order chi connectivity index (χ1) is 8.26. The molecule has 2 rings (SSSR count). The van der Waals surface area contributed by atoms with E-state index in [-0.39, 0.29) is 0 Å². The third-order valence-electron chi connectivity index (χ3n) is 3.77. The van der Waals surface area contributed by atoms with Crippen LogP contribution in [-0.4, -0.2) is 17.5 Å². The van der Waals surface area contributed by atoms with E-state index < -0.39 is 0 Å². The largest absolute Gasteiger partial charge is 0.398 e. The summed E-state index contributed by atoms with van der Waals surface area (Å²) in [5.41, 5.74) is 8.04. The molecule has 0 saturated heterocycles. The Morgan fingerprint density at radius 2 is 2.00 bits per heavy atom. The summed E-state index contributed by atoms with van der Waals surface area (Å²) >= 11 is 2.03. The number of thioether (sulfide) groups is 1. The average Bonchev–Trinajstić information content (AvgIpc) is 2.81. The van der Waals surface area contributed by atoms with Crippen LogP contribution in [-0.2, 0) is 6.54 Å². The molecule has 94 valence electrons. The van der Waals surface area contributed by atoms with Gasteiger partial charge in [0.15, 0.2) is 0 Å². The van der Waals surface area contributed by atoms with E-state index in [2.05, 4.69) is 17.6 Å². The molecule has 0 radical (unpaired) electrons. The van der Waals surface area contributed by atoms with Gasteiger partial charge in [0.05, 0.1) is 0 Å². The highest BCUT2D eigenvalue weighted by Crippen LogP contribution is 2.39. The van der Waals surface area contributed by atoms with Gasteiger partial charge in [0.1, 0.15) is 0 Å². The second-order valence-electron chi connectivity index (χ2n) is 4.90. The Hall–Kier alpha value is -0.670. The normalized spacial score (nSPS) is 18.4. The zero-order valence-electron chi connectivity index (χ0n) is 10.5.